The van der Waals surface area contributed by atoms with Gasteiger partial charge in [0, 0.05) is 25.2 Å². The molecule has 3 heteroatoms. The summed E-state index contributed by atoms with van der Waals surface area (Å²) in [6.07, 6.45) is 3.88. The van der Waals surface area contributed by atoms with Gasteiger partial charge in [0.25, 0.3) is 0 Å². The van der Waals surface area contributed by atoms with Crippen LogP contribution in [0, 0.1) is 5.92 Å². The molecule has 0 saturated carbocycles. The standard InChI is InChI=1S/C13H26N2O/c1-13(2)11-15(7-4-6-14-13)9-12-5-3-8-16-10-12/h12,14H,3-11H2,1-2H3. The van der Waals surface area contributed by atoms with Crippen molar-refractivity contribution in [2.24, 2.45) is 5.92 Å². The Morgan fingerprint density at radius 3 is 3.00 bits per heavy atom. The van der Waals surface area contributed by atoms with Crippen LogP contribution >= 0.6 is 0 Å². The maximum atomic E-state index is 5.56. The Morgan fingerprint density at radius 1 is 1.38 bits per heavy atom. The molecule has 0 spiro atoms. The summed E-state index contributed by atoms with van der Waals surface area (Å²) in [7, 11) is 0. The molecule has 0 amide bonds. The van der Waals surface area contributed by atoms with E-state index in [-0.39, 0.29) is 5.54 Å². The van der Waals surface area contributed by atoms with Crippen molar-refractivity contribution in [3.8, 4) is 0 Å². The van der Waals surface area contributed by atoms with Crippen LogP contribution in [0.15, 0.2) is 0 Å². The van der Waals surface area contributed by atoms with Crippen molar-refractivity contribution in [1.29, 1.82) is 0 Å². The van der Waals surface area contributed by atoms with Gasteiger partial charge in [0.05, 0.1) is 6.61 Å². The van der Waals surface area contributed by atoms with Gasteiger partial charge in [0.2, 0.25) is 0 Å². The van der Waals surface area contributed by atoms with Gasteiger partial charge in [-0.15, -0.1) is 0 Å². The minimum atomic E-state index is 0.270. The molecule has 0 aliphatic carbocycles. The van der Waals surface area contributed by atoms with E-state index in [9.17, 15) is 0 Å². The SMILES string of the molecule is CC1(C)CN(CC2CCCOC2)CCCN1. The summed E-state index contributed by atoms with van der Waals surface area (Å²) in [5.41, 5.74) is 0.270. The Balaban J connectivity index is 1.82. The van der Waals surface area contributed by atoms with E-state index in [4.69, 9.17) is 4.74 Å². The molecule has 0 aromatic rings. The average molecular weight is 226 g/mol. The zero-order valence-corrected chi connectivity index (χ0v) is 10.8. The summed E-state index contributed by atoms with van der Waals surface area (Å²) in [6, 6.07) is 0. The van der Waals surface area contributed by atoms with Gasteiger partial charge in [-0.1, -0.05) is 0 Å². The number of rotatable bonds is 2. The van der Waals surface area contributed by atoms with Crippen molar-refractivity contribution >= 4 is 0 Å². The molecule has 2 aliphatic rings. The van der Waals surface area contributed by atoms with E-state index in [0.717, 1.165) is 25.7 Å². The molecular weight excluding hydrogens is 200 g/mol. The van der Waals surface area contributed by atoms with Crippen LogP contribution in [-0.2, 0) is 4.74 Å². The smallest absolute Gasteiger partial charge is 0.0506 e. The van der Waals surface area contributed by atoms with Gasteiger partial charge < -0.3 is 15.0 Å². The summed E-state index contributed by atoms with van der Waals surface area (Å²) in [5.74, 6) is 0.766. The average Bonchev–Trinajstić information content (AvgIpc) is 2.40. The number of ether oxygens (including phenoxy) is 1. The van der Waals surface area contributed by atoms with E-state index in [1.165, 1.54) is 38.9 Å². The van der Waals surface area contributed by atoms with Gasteiger partial charge in [-0.2, -0.15) is 0 Å². The molecule has 2 fully saturated rings. The normalized spacial score (nSPS) is 32.2. The molecule has 2 rings (SSSR count). The first-order valence-corrected chi connectivity index (χ1v) is 6.71. The summed E-state index contributed by atoms with van der Waals surface area (Å²) >= 11 is 0. The molecule has 94 valence electrons. The molecule has 2 aliphatic heterocycles. The lowest BCUT2D eigenvalue weighted by Crippen LogP contribution is -2.47. The zero-order chi connectivity index (χ0) is 11.4. The predicted octanol–water partition coefficient (Wildman–Crippen LogP) is 1.49. The van der Waals surface area contributed by atoms with Gasteiger partial charge in [-0.25, -0.2) is 0 Å². The van der Waals surface area contributed by atoms with Crippen molar-refractivity contribution in [2.45, 2.75) is 38.6 Å². The van der Waals surface area contributed by atoms with Crippen LogP contribution < -0.4 is 5.32 Å². The third kappa shape index (κ3) is 3.72. The summed E-state index contributed by atoms with van der Waals surface area (Å²) in [4.78, 5) is 2.62. The molecule has 0 radical (unpaired) electrons. The van der Waals surface area contributed by atoms with Crippen molar-refractivity contribution in [3.63, 3.8) is 0 Å². The van der Waals surface area contributed by atoms with E-state index in [1.807, 2.05) is 0 Å². The van der Waals surface area contributed by atoms with Gasteiger partial charge >= 0.3 is 0 Å². The van der Waals surface area contributed by atoms with Crippen molar-refractivity contribution < 1.29 is 4.74 Å². The molecule has 1 N–H and O–H groups in total. The molecule has 1 atom stereocenters. The lowest BCUT2D eigenvalue weighted by Gasteiger charge is -2.33. The molecule has 1 unspecified atom stereocenters. The minimum Gasteiger partial charge on any atom is -0.381 e. The number of nitrogens with one attached hydrogen (secondary N) is 1. The van der Waals surface area contributed by atoms with Crippen LogP contribution in [0.5, 0.6) is 0 Å². The maximum absolute atomic E-state index is 5.56. The van der Waals surface area contributed by atoms with Crippen LogP contribution in [0.3, 0.4) is 0 Å². The van der Waals surface area contributed by atoms with E-state index < -0.39 is 0 Å². The summed E-state index contributed by atoms with van der Waals surface area (Å²) in [6.45, 7) is 11.4. The highest BCUT2D eigenvalue weighted by molar-refractivity contribution is 4.85. The predicted molar refractivity (Wildman–Crippen MR) is 66.7 cm³/mol. The number of hydrogen-bond acceptors (Lipinski definition) is 3. The van der Waals surface area contributed by atoms with Crippen LogP contribution in [0.2, 0.25) is 0 Å². The summed E-state index contributed by atoms with van der Waals surface area (Å²) in [5, 5.41) is 3.62. The van der Waals surface area contributed by atoms with Crippen LogP contribution in [0.25, 0.3) is 0 Å². The Labute approximate surface area is 99.5 Å². The lowest BCUT2D eigenvalue weighted by molar-refractivity contribution is 0.0366. The van der Waals surface area contributed by atoms with E-state index >= 15 is 0 Å². The molecule has 0 bridgehead atoms. The molecule has 2 heterocycles. The van der Waals surface area contributed by atoms with Crippen molar-refractivity contribution in [3.05, 3.63) is 0 Å². The molecule has 0 aromatic heterocycles. The first kappa shape index (κ1) is 12.3. The second-order valence-electron chi connectivity index (χ2n) is 5.98. The lowest BCUT2D eigenvalue weighted by atomic mass is 10.00. The Bertz CT molecular complexity index is 212. The second kappa shape index (κ2) is 5.48. The Kier molecular flexibility index (Phi) is 4.22. The second-order valence-corrected chi connectivity index (χ2v) is 5.98. The Morgan fingerprint density at radius 2 is 2.25 bits per heavy atom. The monoisotopic (exact) mass is 226 g/mol. The fourth-order valence-electron chi connectivity index (χ4n) is 2.90. The van der Waals surface area contributed by atoms with Crippen LogP contribution in [0.1, 0.15) is 33.1 Å². The van der Waals surface area contributed by atoms with Gasteiger partial charge in [0.15, 0.2) is 0 Å². The molecule has 3 nitrogen and oxygen atoms in total. The fraction of sp³-hybridized carbons (Fsp3) is 1.00. The van der Waals surface area contributed by atoms with Crippen molar-refractivity contribution in [1.82, 2.24) is 10.2 Å². The third-order valence-electron chi connectivity index (χ3n) is 3.64. The highest BCUT2D eigenvalue weighted by atomic mass is 16.5. The van der Waals surface area contributed by atoms with Crippen molar-refractivity contribution in [2.75, 3.05) is 39.4 Å². The third-order valence-corrected chi connectivity index (χ3v) is 3.64. The van der Waals surface area contributed by atoms with E-state index in [1.54, 1.807) is 0 Å². The highest BCUT2D eigenvalue weighted by Crippen LogP contribution is 2.18. The van der Waals surface area contributed by atoms with Gasteiger partial charge in [-0.05, 0) is 52.1 Å². The van der Waals surface area contributed by atoms with E-state index in [0.29, 0.717) is 0 Å². The van der Waals surface area contributed by atoms with Gasteiger partial charge in [0.1, 0.15) is 0 Å². The number of hydrogen-bond donors (Lipinski definition) is 1. The largest absolute Gasteiger partial charge is 0.381 e. The molecule has 2 saturated heterocycles. The first-order chi connectivity index (χ1) is 7.66. The first-order valence-electron chi connectivity index (χ1n) is 6.71. The maximum Gasteiger partial charge on any atom is 0.0506 e. The Hall–Kier alpha value is -0.120. The number of nitrogens with zero attached hydrogens (tertiary/aromatic N) is 1. The fourth-order valence-corrected chi connectivity index (χ4v) is 2.90. The minimum absolute atomic E-state index is 0.270. The van der Waals surface area contributed by atoms with Gasteiger partial charge in [-0.3, -0.25) is 0 Å². The van der Waals surface area contributed by atoms with Crippen LogP contribution in [0.4, 0.5) is 0 Å². The summed E-state index contributed by atoms with van der Waals surface area (Å²) < 4.78 is 5.56. The zero-order valence-electron chi connectivity index (χ0n) is 10.8. The molecule has 16 heavy (non-hydrogen) atoms. The van der Waals surface area contributed by atoms with Crippen LogP contribution in [-0.4, -0.2) is 49.8 Å². The molecular formula is C13H26N2O. The topological polar surface area (TPSA) is 24.5 Å². The highest BCUT2D eigenvalue weighted by Gasteiger charge is 2.26. The molecule has 0 aromatic carbocycles. The quantitative estimate of drug-likeness (QED) is 0.772. The van der Waals surface area contributed by atoms with E-state index in [2.05, 4.69) is 24.1 Å².